The third-order valence-corrected chi connectivity index (χ3v) is 8.43. The monoisotopic (exact) mass is 474 g/mol. The number of carbonyl (C=O) groups excluding carboxylic acids is 2. The Morgan fingerprint density at radius 2 is 2.00 bits per heavy atom. The van der Waals surface area contributed by atoms with E-state index in [0.717, 1.165) is 28.0 Å². The predicted molar refractivity (Wildman–Crippen MR) is 131 cm³/mol. The molecular formula is C26H34O4S2. The number of hydrogen-bond donors (Lipinski definition) is 1. The molecule has 2 atom stereocenters. The summed E-state index contributed by atoms with van der Waals surface area (Å²) in [6.07, 6.45) is 1.68. The zero-order valence-electron chi connectivity index (χ0n) is 19.9. The van der Waals surface area contributed by atoms with Crippen molar-refractivity contribution in [3.8, 4) is 0 Å². The van der Waals surface area contributed by atoms with Gasteiger partial charge < -0.3 is 9.84 Å². The third-order valence-electron chi connectivity index (χ3n) is 6.41. The maximum Gasteiger partial charge on any atom is 0.327 e. The first-order chi connectivity index (χ1) is 15.0. The highest BCUT2D eigenvalue weighted by Crippen LogP contribution is 2.42. The second-order valence-electron chi connectivity index (χ2n) is 10.1. The van der Waals surface area contributed by atoms with Crippen molar-refractivity contribution in [3.05, 3.63) is 51.2 Å². The van der Waals surface area contributed by atoms with Gasteiger partial charge in [-0.05, 0) is 76.2 Å². The van der Waals surface area contributed by atoms with Crippen molar-refractivity contribution in [1.82, 2.24) is 0 Å². The van der Waals surface area contributed by atoms with E-state index in [1.807, 2.05) is 38.3 Å². The SMILES string of the molecule is Cc1cc(SC2C(=O)CC(CCc3ccsc3)(C(C)C)OC2=O)c(C(C)(C)C)cc1CO. The molecule has 2 aromatic rings. The van der Waals surface area contributed by atoms with Crippen molar-refractivity contribution in [1.29, 1.82) is 0 Å². The normalized spacial score (nSPS) is 21.8. The molecule has 0 spiro atoms. The maximum absolute atomic E-state index is 13.3. The Balaban J connectivity index is 1.85. The van der Waals surface area contributed by atoms with Crippen molar-refractivity contribution in [2.24, 2.45) is 5.92 Å². The number of benzene rings is 1. The molecule has 1 fully saturated rings. The molecule has 0 aliphatic carbocycles. The van der Waals surface area contributed by atoms with Crippen molar-refractivity contribution in [2.45, 2.75) is 88.6 Å². The van der Waals surface area contributed by atoms with Gasteiger partial charge in [-0.3, -0.25) is 9.59 Å². The van der Waals surface area contributed by atoms with E-state index in [-0.39, 0.29) is 30.1 Å². The summed E-state index contributed by atoms with van der Waals surface area (Å²) in [4.78, 5) is 27.4. The summed E-state index contributed by atoms with van der Waals surface area (Å²) in [5.41, 5.74) is 3.11. The van der Waals surface area contributed by atoms with E-state index in [1.54, 1.807) is 11.3 Å². The summed E-state index contributed by atoms with van der Waals surface area (Å²) >= 11 is 2.94. The number of rotatable bonds is 7. The van der Waals surface area contributed by atoms with Crippen LogP contribution in [0.3, 0.4) is 0 Å². The van der Waals surface area contributed by atoms with Gasteiger partial charge in [0.05, 0.1) is 6.61 Å². The minimum atomic E-state index is -0.858. The van der Waals surface area contributed by atoms with Crippen LogP contribution in [0.4, 0.5) is 0 Å². The predicted octanol–water partition coefficient (Wildman–Crippen LogP) is 5.85. The fourth-order valence-electron chi connectivity index (χ4n) is 4.17. The lowest BCUT2D eigenvalue weighted by atomic mass is 9.78. The zero-order chi connectivity index (χ0) is 23.7. The van der Waals surface area contributed by atoms with Crippen LogP contribution in [0.15, 0.2) is 33.9 Å². The average molecular weight is 475 g/mol. The summed E-state index contributed by atoms with van der Waals surface area (Å²) in [6, 6.07) is 6.06. The lowest BCUT2D eigenvalue weighted by molar-refractivity contribution is -0.176. The minimum absolute atomic E-state index is 0.0364. The molecule has 1 aliphatic heterocycles. The van der Waals surface area contributed by atoms with Crippen LogP contribution in [0.5, 0.6) is 0 Å². The number of esters is 1. The number of aliphatic hydroxyl groups excluding tert-OH is 1. The number of aryl methyl sites for hydroxylation is 2. The molecular weight excluding hydrogens is 440 g/mol. The molecule has 174 valence electrons. The van der Waals surface area contributed by atoms with Crippen LogP contribution in [0, 0.1) is 12.8 Å². The molecule has 0 amide bonds. The van der Waals surface area contributed by atoms with E-state index < -0.39 is 16.8 Å². The minimum Gasteiger partial charge on any atom is -0.457 e. The molecule has 2 unspecified atom stereocenters. The first-order valence-electron chi connectivity index (χ1n) is 11.1. The van der Waals surface area contributed by atoms with E-state index in [4.69, 9.17) is 4.74 Å². The van der Waals surface area contributed by atoms with Crippen LogP contribution >= 0.6 is 23.1 Å². The summed E-state index contributed by atoms with van der Waals surface area (Å²) < 4.78 is 6.07. The number of ether oxygens (including phenoxy) is 1. The fourth-order valence-corrected chi connectivity index (χ4v) is 6.22. The molecule has 1 aliphatic rings. The number of Topliss-reactive ketones (excluding diaryl/α,β-unsaturated/α-hetero) is 1. The van der Waals surface area contributed by atoms with E-state index >= 15 is 0 Å². The molecule has 3 rings (SSSR count). The number of ketones is 1. The van der Waals surface area contributed by atoms with Crippen molar-refractivity contribution < 1.29 is 19.4 Å². The molecule has 32 heavy (non-hydrogen) atoms. The van der Waals surface area contributed by atoms with Crippen LogP contribution in [0.1, 0.15) is 69.7 Å². The van der Waals surface area contributed by atoms with Gasteiger partial charge in [-0.1, -0.05) is 40.7 Å². The van der Waals surface area contributed by atoms with Crippen molar-refractivity contribution in [3.63, 3.8) is 0 Å². The van der Waals surface area contributed by atoms with Gasteiger partial charge in [-0.25, -0.2) is 0 Å². The van der Waals surface area contributed by atoms with Gasteiger partial charge in [0.15, 0.2) is 11.0 Å². The van der Waals surface area contributed by atoms with Gasteiger partial charge in [0.25, 0.3) is 0 Å². The Morgan fingerprint density at radius 3 is 2.53 bits per heavy atom. The van der Waals surface area contributed by atoms with E-state index in [0.29, 0.717) is 6.42 Å². The topological polar surface area (TPSA) is 63.6 Å². The summed E-state index contributed by atoms with van der Waals surface area (Å²) in [6.45, 7) is 12.2. The smallest absolute Gasteiger partial charge is 0.327 e. The van der Waals surface area contributed by atoms with Gasteiger partial charge in [-0.2, -0.15) is 11.3 Å². The Kier molecular flexibility index (Phi) is 7.58. The summed E-state index contributed by atoms with van der Waals surface area (Å²) in [5, 5.41) is 13.0. The van der Waals surface area contributed by atoms with Gasteiger partial charge in [0, 0.05) is 11.3 Å². The highest BCUT2D eigenvalue weighted by Gasteiger charge is 2.49. The Bertz CT molecular complexity index is 952. The van der Waals surface area contributed by atoms with E-state index in [2.05, 4.69) is 32.2 Å². The second-order valence-corrected chi connectivity index (χ2v) is 12.0. The third kappa shape index (κ3) is 5.29. The van der Waals surface area contributed by atoms with Gasteiger partial charge in [-0.15, -0.1) is 11.8 Å². The van der Waals surface area contributed by atoms with Crippen molar-refractivity contribution >= 4 is 34.9 Å². The van der Waals surface area contributed by atoms with Gasteiger partial charge in [0.2, 0.25) is 0 Å². The van der Waals surface area contributed by atoms with Gasteiger partial charge >= 0.3 is 5.97 Å². The fraction of sp³-hybridized carbons (Fsp3) is 0.538. The summed E-state index contributed by atoms with van der Waals surface area (Å²) in [7, 11) is 0. The Hall–Kier alpha value is -1.63. The lowest BCUT2D eigenvalue weighted by Crippen LogP contribution is -2.52. The molecule has 2 heterocycles. The molecule has 0 bridgehead atoms. The second kappa shape index (κ2) is 9.70. The summed E-state index contributed by atoms with van der Waals surface area (Å²) in [5.74, 6) is -0.445. The number of thiophene rings is 1. The number of carbonyl (C=O) groups is 2. The quantitative estimate of drug-likeness (QED) is 0.403. The number of cyclic esters (lactones) is 1. The molecule has 1 aromatic carbocycles. The average Bonchev–Trinajstić information content (AvgIpc) is 3.22. The van der Waals surface area contributed by atoms with Crippen LogP contribution in [0.25, 0.3) is 0 Å². The molecule has 1 N–H and O–H groups in total. The molecule has 1 aromatic heterocycles. The van der Waals surface area contributed by atoms with Crippen LogP contribution < -0.4 is 0 Å². The Morgan fingerprint density at radius 1 is 1.28 bits per heavy atom. The molecule has 6 heteroatoms. The lowest BCUT2D eigenvalue weighted by Gasteiger charge is -2.41. The van der Waals surface area contributed by atoms with Gasteiger partial charge in [0.1, 0.15) is 5.60 Å². The first-order valence-corrected chi connectivity index (χ1v) is 13.0. The van der Waals surface area contributed by atoms with E-state index in [9.17, 15) is 14.7 Å². The number of thioether (sulfide) groups is 1. The highest BCUT2D eigenvalue weighted by atomic mass is 32.2. The molecule has 0 saturated carbocycles. The van der Waals surface area contributed by atoms with Crippen LogP contribution in [0.2, 0.25) is 0 Å². The van der Waals surface area contributed by atoms with Crippen LogP contribution in [-0.4, -0.2) is 27.7 Å². The van der Waals surface area contributed by atoms with Crippen LogP contribution in [-0.2, 0) is 32.8 Å². The zero-order valence-corrected chi connectivity index (χ0v) is 21.5. The molecule has 4 nitrogen and oxygen atoms in total. The first kappa shape index (κ1) is 25.0. The number of aliphatic hydroxyl groups is 1. The van der Waals surface area contributed by atoms with Crippen molar-refractivity contribution in [2.75, 3.05) is 0 Å². The maximum atomic E-state index is 13.3. The largest absolute Gasteiger partial charge is 0.457 e. The molecule has 0 radical (unpaired) electrons. The standard InChI is InChI=1S/C26H34O4S2/c1-16(2)26(9-7-18-8-10-31-15-18)13-21(28)23(24(29)30-26)32-22-11-17(3)19(14-27)12-20(22)25(4,5)6/h8,10-12,15-16,23,27H,7,9,13-14H2,1-6H3. The molecule has 1 saturated heterocycles. The Labute approximate surface area is 199 Å². The van der Waals surface area contributed by atoms with E-state index in [1.165, 1.54) is 17.3 Å². The number of hydrogen-bond acceptors (Lipinski definition) is 6. The highest BCUT2D eigenvalue weighted by molar-refractivity contribution is 8.01.